The maximum absolute atomic E-state index is 10.3. The van der Waals surface area contributed by atoms with Gasteiger partial charge >= 0.3 is 0 Å². The second-order valence-electron chi connectivity index (χ2n) is 42.8. The van der Waals surface area contributed by atoms with E-state index in [0.29, 0.717) is 0 Å². The van der Waals surface area contributed by atoms with Gasteiger partial charge in [0.1, 0.15) is 134 Å². The van der Waals surface area contributed by atoms with Crippen LogP contribution in [0.1, 0.15) is 118 Å². The smallest absolute Gasteiger partial charge is 0.192 e. The Kier molecular flexibility index (Phi) is 40.2. The van der Waals surface area contributed by atoms with Crippen LogP contribution in [0.5, 0.6) is 0 Å². The lowest BCUT2D eigenvalue weighted by Crippen LogP contribution is -2.69. The molecule has 14 bridgehead atoms. The summed E-state index contributed by atoms with van der Waals surface area (Å²) in [5.74, 6) is -1.34. The van der Waals surface area contributed by atoms with Crippen LogP contribution in [0.2, 0.25) is 90.7 Å². The first-order valence-electron chi connectivity index (χ1n) is 45.3. The van der Waals surface area contributed by atoms with Crippen molar-refractivity contribution in [2.75, 3.05) is 131 Å². The van der Waals surface area contributed by atoms with Crippen molar-refractivity contribution in [3.05, 3.63) is 20.9 Å². The van der Waals surface area contributed by atoms with Gasteiger partial charge < -0.3 is 145 Å². The van der Waals surface area contributed by atoms with Crippen LogP contribution in [0.4, 0.5) is 0 Å². The van der Waals surface area contributed by atoms with Gasteiger partial charge in [0.25, 0.3) is 0 Å². The molecule has 746 valence electrons. The molecule has 21 rings (SSSR count). The Morgan fingerprint density at radius 3 is 0.539 bits per heavy atom. The largest absolute Gasteiger partial charge is 0.414 e. The fourth-order valence-corrected chi connectivity index (χ4v) is 21.6. The minimum absolute atomic E-state index is 0.00955. The number of azide groups is 2. The Morgan fingerprint density at radius 2 is 0.375 bits per heavy atom. The Hall–Kier alpha value is -1.54. The van der Waals surface area contributed by atoms with E-state index in [4.69, 9.17) is 145 Å². The number of hydrogen-bond donors (Lipinski definition) is 0. The molecule has 0 aliphatic carbocycles. The second-order valence-corrected chi connectivity index (χ2v) is 66.9. The minimum atomic E-state index is -2.64. The highest BCUT2D eigenvalue weighted by atomic mass is 28.4. The van der Waals surface area contributed by atoms with Crippen LogP contribution in [-0.2, 0) is 145 Å². The van der Waals surface area contributed by atoms with Gasteiger partial charge in [0.15, 0.2) is 85.6 Å². The lowest BCUT2D eigenvalue weighted by atomic mass is 9.90. The summed E-state index contributed by atoms with van der Waals surface area (Å²) in [5, 5.41) is 6.94. The summed E-state index contributed by atoms with van der Waals surface area (Å²) < 4.78 is 218. The first-order chi connectivity index (χ1) is 59.6. The zero-order valence-electron chi connectivity index (χ0n) is 84.5. The summed E-state index contributed by atoms with van der Waals surface area (Å²) in [6.07, 6.45) is -35.9. The summed E-state index contributed by atoms with van der Waals surface area (Å²) in [6, 6.07) is 0. The Labute approximate surface area is 768 Å². The van der Waals surface area contributed by atoms with Crippen LogP contribution in [-0.4, -0.2) is 376 Å². The van der Waals surface area contributed by atoms with Gasteiger partial charge in [0.05, 0.1) is 70.5 Å². The van der Waals surface area contributed by atoms with Crippen LogP contribution in [0.3, 0.4) is 0 Å². The highest BCUT2D eigenvalue weighted by Gasteiger charge is 2.63. The topological polar surface area (TPSA) is 384 Å². The molecule has 0 N–H and O–H groups in total. The van der Waals surface area contributed by atoms with Crippen LogP contribution in [0.15, 0.2) is 10.2 Å². The van der Waals surface area contributed by atoms with Gasteiger partial charge in [-0.05, 0) is 102 Å². The average Bonchev–Trinajstić information content (AvgIpc) is 0.785. The molecule has 0 aromatic carbocycles. The third-order valence-corrected chi connectivity index (χ3v) is 52.4. The maximum atomic E-state index is 10.3. The summed E-state index contributed by atoms with van der Waals surface area (Å²) in [5.41, 5.74) is 20.5. The SMILES string of the molecule is COC1C2OC(CN=[N+]=[N-])C(OC3OC(CO[Si](C)(C)C(C)(C)C)C(OC4OC(CO[Si](C)(C)C(C)(C)C)C(OC5OC(CN=[N+]=[N-])C(OC6OC(CO[Si](C)(C)C(C)(C)C)C(OC7OC(CO[Si](C)(C)C(C)(C)C)C(OC8OC(CO[Si](C)(C)C(C)(C)C)C(O2)C(OC)C8OC)C(OC)C7C)C(OC)C6OC)C(OC)C5OC)C(OC)C4OC)C(OC)C3C)C1OC. The molecule has 35 atom stereocenters. The van der Waals surface area contributed by atoms with E-state index in [9.17, 15) is 11.1 Å². The second kappa shape index (κ2) is 46.0. The van der Waals surface area contributed by atoms with E-state index in [2.05, 4.69) is 189 Å². The Morgan fingerprint density at radius 1 is 0.227 bits per heavy atom. The van der Waals surface area contributed by atoms with Crippen molar-refractivity contribution in [1.82, 2.24) is 0 Å². The number of ether oxygens (including phenoxy) is 26. The van der Waals surface area contributed by atoms with Crippen molar-refractivity contribution in [2.45, 2.75) is 411 Å². The summed E-state index contributed by atoms with van der Waals surface area (Å²) in [4.78, 5) is 6.48. The number of hydrogen-bond acceptors (Lipinski definition) is 33. The lowest BCUT2D eigenvalue weighted by Gasteiger charge is -2.53. The monoisotopic (exact) mass is 1920 g/mol. The molecule has 0 saturated carbocycles. The third-order valence-electron chi connectivity index (χ3n) is 29.9. The molecule has 0 aromatic rings. The van der Waals surface area contributed by atoms with Crippen LogP contribution in [0, 0.1) is 11.8 Å². The van der Waals surface area contributed by atoms with Gasteiger partial charge in [-0.3, -0.25) is 0 Å². The predicted molar refractivity (Wildman–Crippen MR) is 486 cm³/mol. The number of rotatable bonds is 31. The average molecular weight is 1920 g/mol. The summed E-state index contributed by atoms with van der Waals surface area (Å²) in [7, 11) is 5.42. The van der Waals surface area contributed by atoms with Crippen molar-refractivity contribution in [3.8, 4) is 0 Å². The van der Waals surface area contributed by atoms with E-state index < -0.39 is 256 Å². The zero-order valence-corrected chi connectivity index (χ0v) is 89.5. The minimum Gasteiger partial charge on any atom is -0.414 e. The summed E-state index contributed by atoms with van der Waals surface area (Å²) >= 11 is 0. The zero-order chi connectivity index (χ0) is 95.9. The van der Waals surface area contributed by atoms with Gasteiger partial charge in [-0.1, -0.05) is 128 Å². The Bertz CT molecular complexity index is 3480. The molecule has 21 aliphatic heterocycles. The van der Waals surface area contributed by atoms with Crippen molar-refractivity contribution in [3.63, 3.8) is 0 Å². The standard InChI is InChI=1S/C86H166N6O31Si5/c1-47-56(93-18)60-51(42-105-124(30,31)82(3,4)5)112-75(47)117-58-49(40-89-91-87)110-77(70(100-25)65(58)95-20)122-63-54(45-108-127(36,37)85(12,13)14)115-81(73(103-28)68(63)98-23)121-61-52(43-106-125(32,33)83(6,7)8)113-76(48(2)57(61)94-19)118-62-53(44-107-126(34,35)84(9,10)11)114-79(72(102-27)67(62)97-22)119-59-50(41-90-92-88)111-78(71(101-26)66(59)96-21)123-64-55(46-109-128(38,39)86(15,16)17)116-80(120-60)74(104-29)69(64)99-24/h47-81H,40-46H2,1-39H3. The van der Waals surface area contributed by atoms with Crippen molar-refractivity contribution in [2.24, 2.45) is 22.1 Å². The fourth-order valence-electron chi connectivity index (χ4n) is 16.6. The molecule has 0 aromatic heterocycles. The molecular weight excluding hydrogens is 1750 g/mol. The van der Waals surface area contributed by atoms with Gasteiger partial charge in [-0.15, -0.1) is 0 Å². The molecule has 0 amide bonds. The van der Waals surface area contributed by atoms with Gasteiger partial charge in [-0.2, -0.15) is 0 Å². The Balaban J connectivity index is 1.37. The van der Waals surface area contributed by atoms with Gasteiger partial charge in [0.2, 0.25) is 0 Å². The van der Waals surface area contributed by atoms with Crippen LogP contribution >= 0.6 is 0 Å². The molecule has 21 fully saturated rings. The van der Waals surface area contributed by atoms with Gasteiger partial charge in [0, 0.05) is 107 Å². The van der Waals surface area contributed by atoms with E-state index in [1.54, 1.807) is 42.7 Å². The normalized spacial score (nSPS) is 39.3. The van der Waals surface area contributed by atoms with E-state index in [1.165, 1.54) is 42.7 Å². The molecule has 35 unspecified atom stereocenters. The highest BCUT2D eigenvalue weighted by Crippen LogP contribution is 2.49. The summed E-state index contributed by atoms with van der Waals surface area (Å²) in [6.45, 7) is 57.1. The van der Waals surface area contributed by atoms with Crippen molar-refractivity contribution >= 4 is 41.6 Å². The van der Waals surface area contributed by atoms with Crippen molar-refractivity contribution in [1.29, 1.82) is 0 Å². The van der Waals surface area contributed by atoms with E-state index >= 15 is 0 Å². The van der Waals surface area contributed by atoms with Crippen molar-refractivity contribution < 1.29 is 145 Å². The van der Waals surface area contributed by atoms with Crippen LogP contribution < -0.4 is 0 Å². The third kappa shape index (κ3) is 25.4. The quantitative estimate of drug-likeness (QED) is 0.0269. The van der Waals surface area contributed by atoms with E-state index in [1.807, 2.05) is 13.8 Å². The highest BCUT2D eigenvalue weighted by molar-refractivity contribution is 6.75. The first-order valence-corrected chi connectivity index (χ1v) is 59.9. The molecule has 128 heavy (non-hydrogen) atoms. The molecule has 0 radical (unpaired) electrons. The predicted octanol–water partition coefficient (Wildman–Crippen LogP) is 13.0. The molecule has 37 nitrogen and oxygen atoms in total. The molecule has 21 aliphatic rings. The maximum Gasteiger partial charge on any atom is 0.192 e. The number of methoxy groups -OCH3 is 12. The molecule has 42 heteroatoms. The van der Waals surface area contributed by atoms with E-state index in [-0.39, 0.29) is 71.3 Å². The van der Waals surface area contributed by atoms with Crippen LogP contribution in [0.25, 0.3) is 20.9 Å². The fraction of sp³-hybridized carbons (Fsp3) is 1.00. The lowest BCUT2D eigenvalue weighted by molar-refractivity contribution is -0.397. The van der Waals surface area contributed by atoms with E-state index in [0.717, 1.165) is 0 Å². The molecule has 0 spiro atoms. The number of nitrogens with zero attached hydrogens (tertiary/aromatic N) is 6. The molecule has 21 saturated heterocycles. The first kappa shape index (κ1) is 112. The van der Waals surface area contributed by atoms with Gasteiger partial charge in [-0.25, -0.2) is 0 Å². The molecule has 21 heterocycles. The molecular formula is C86H166N6O31Si5.